The molecule has 1 aromatic carbocycles. The molecule has 0 saturated carbocycles. The normalized spacial score (nSPS) is 18.7. The molecule has 0 aromatic heterocycles. The van der Waals surface area contributed by atoms with Gasteiger partial charge in [0.15, 0.2) is 11.5 Å². The third-order valence-corrected chi connectivity index (χ3v) is 4.62. The highest BCUT2D eigenvalue weighted by Crippen LogP contribution is 2.30. The molecular weight excluding hydrogens is 330 g/mol. The van der Waals surface area contributed by atoms with Crippen molar-refractivity contribution in [2.24, 2.45) is 5.92 Å². The van der Waals surface area contributed by atoms with Crippen LogP contribution in [0.1, 0.15) is 38.3 Å². The summed E-state index contributed by atoms with van der Waals surface area (Å²) in [6.07, 6.45) is 3.96. The first-order valence-corrected chi connectivity index (χ1v) is 8.87. The Kier molecular flexibility index (Phi) is 6.90. The predicted octanol–water partition coefficient (Wildman–Crippen LogP) is 3.02. The SMILES string of the molecule is COc1ccc(C(C)NC(=O)/C(C#N)=C\N2CCCC(C)C2)cc1OC. The molecule has 0 spiro atoms. The van der Waals surface area contributed by atoms with Gasteiger partial charge in [-0.1, -0.05) is 13.0 Å². The smallest absolute Gasteiger partial charge is 0.263 e. The lowest BCUT2D eigenvalue weighted by molar-refractivity contribution is -0.117. The first kappa shape index (κ1) is 19.6. The first-order valence-electron chi connectivity index (χ1n) is 8.87. The number of benzene rings is 1. The van der Waals surface area contributed by atoms with Crippen LogP contribution in [0.4, 0.5) is 0 Å². The number of carbonyl (C=O) groups excluding carboxylic acids is 1. The van der Waals surface area contributed by atoms with Gasteiger partial charge in [0.25, 0.3) is 5.91 Å². The Morgan fingerprint density at radius 1 is 1.38 bits per heavy atom. The van der Waals surface area contributed by atoms with Crippen molar-refractivity contribution in [3.63, 3.8) is 0 Å². The molecule has 2 unspecified atom stereocenters. The molecule has 1 fully saturated rings. The van der Waals surface area contributed by atoms with Gasteiger partial charge in [-0.15, -0.1) is 0 Å². The molecule has 1 amide bonds. The largest absolute Gasteiger partial charge is 0.493 e. The Morgan fingerprint density at radius 2 is 2.12 bits per heavy atom. The summed E-state index contributed by atoms with van der Waals surface area (Å²) in [6, 6.07) is 7.25. The summed E-state index contributed by atoms with van der Waals surface area (Å²) in [5.41, 5.74) is 1.01. The maximum atomic E-state index is 12.5. The van der Waals surface area contributed by atoms with Crippen LogP contribution in [0.5, 0.6) is 11.5 Å². The Hall–Kier alpha value is -2.68. The summed E-state index contributed by atoms with van der Waals surface area (Å²) in [7, 11) is 3.15. The van der Waals surface area contributed by atoms with Gasteiger partial charge in [0.05, 0.1) is 20.3 Å². The number of piperidine rings is 1. The van der Waals surface area contributed by atoms with Crippen molar-refractivity contribution in [1.82, 2.24) is 10.2 Å². The van der Waals surface area contributed by atoms with Crippen molar-refractivity contribution in [2.75, 3.05) is 27.3 Å². The van der Waals surface area contributed by atoms with Gasteiger partial charge in [-0.25, -0.2) is 0 Å². The fourth-order valence-electron chi connectivity index (χ4n) is 3.14. The summed E-state index contributed by atoms with van der Waals surface area (Å²) in [5.74, 6) is 1.44. The van der Waals surface area contributed by atoms with Crippen molar-refractivity contribution in [1.29, 1.82) is 5.26 Å². The highest BCUT2D eigenvalue weighted by atomic mass is 16.5. The predicted molar refractivity (Wildman–Crippen MR) is 99.8 cm³/mol. The van der Waals surface area contributed by atoms with Crippen LogP contribution in [0.3, 0.4) is 0 Å². The monoisotopic (exact) mass is 357 g/mol. The molecule has 6 heteroatoms. The number of rotatable bonds is 6. The second-order valence-electron chi connectivity index (χ2n) is 6.71. The van der Waals surface area contributed by atoms with Crippen molar-refractivity contribution in [2.45, 2.75) is 32.7 Å². The van der Waals surface area contributed by atoms with E-state index in [-0.39, 0.29) is 17.5 Å². The van der Waals surface area contributed by atoms with Crippen LogP contribution in [-0.4, -0.2) is 38.1 Å². The highest BCUT2D eigenvalue weighted by Gasteiger charge is 2.19. The van der Waals surface area contributed by atoms with Gasteiger partial charge in [-0.3, -0.25) is 4.79 Å². The van der Waals surface area contributed by atoms with Gasteiger partial charge in [-0.05, 0) is 43.4 Å². The van der Waals surface area contributed by atoms with E-state index in [1.807, 2.05) is 25.1 Å². The Bertz CT molecular complexity index is 709. The molecule has 2 rings (SSSR count). The Labute approximate surface area is 155 Å². The lowest BCUT2D eigenvalue weighted by Gasteiger charge is -2.30. The van der Waals surface area contributed by atoms with Crippen LogP contribution in [-0.2, 0) is 4.79 Å². The van der Waals surface area contributed by atoms with Gasteiger partial charge in [0.2, 0.25) is 0 Å². The van der Waals surface area contributed by atoms with Crippen LogP contribution in [0.15, 0.2) is 30.0 Å². The van der Waals surface area contributed by atoms with Gasteiger partial charge >= 0.3 is 0 Å². The number of nitrogens with zero attached hydrogens (tertiary/aromatic N) is 2. The zero-order valence-corrected chi connectivity index (χ0v) is 15.9. The third kappa shape index (κ3) is 4.92. The van der Waals surface area contributed by atoms with E-state index in [9.17, 15) is 10.1 Å². The summed E-state index contributed by atoms with van der Waals surface area (Å²) < 4.78 is 10.5. The number of carbonyl (C=O) groups is 1. The van der Waals surface area contributed by atoms with Gasteiger partial charge in [-0.2, -0.15) is 5.26 Å². The molecule has 1 aliphatic rings. The van der Waals surface area contributed by atoms with Crippen LogP contribution in [0.2, 0.25) is 0 Å². The lowest BCUT2D eigenvalue weighted by Crippen LogP contribution is -2.33. The van der Waals surface area contributed by atoms with E-state index in [0.29, 0.717) is 17.4 Å². The van der Waals surface area contributed by atoms with Crippen molar-refractivity contribution >= 4 is 5.91 Å². The fourth-order valence-corrected chi connectivity index (χ4v) is 3.14. The molecule has 2 atom stereocenters. The number of amides is 1. The number of nitriles is 1. The molecule has 0 bridgehead atoms. The average Bonchev–Trinajstić information content (AvgIpc) is 2.65. The first-order chi connectivity index (χ1) is 12.5. The number of likely N-dealkylation sites (tertiary alicyclic amines) is 1. The van der Waals surface area contributed by atoms with Gasteiger partial charge < -0.3 is 19.7 Å². The zero-order chi connectivity index (χ0) is 19.1. The summed E-state index contributed by atoms with van der Waals surface area (Å²) in [4.78, 5) is 14.6. The second-order valence-corrected chi connectivity index (χ2v) is 6.71. The number of hydrogen-bond donors (Lipinski definition) is 1. The highest BCUT2D eigenvalue weighted by molar-refractivity contribution is 5.97. The van der Waals surface area contributed by atoms with Crippen LogP contribution in [0.25, 0.3) is 0 Å². The third-order valence-electron chi connectivity index (χ3n) is 4.62. The molecule has 26 heavy (non-hydrogen) atoms. The topological polar surface area (TPSA) is 74.6 Å². The van der Waals surface area contributed by atoms with Crippen molar-refractivity contribution in [3.05, 3.63) is 35.5 Å². The molecule has 0 radical (unpaired) electrons. The number of methoxy groups -OCH3 is 2. The van der Waals surface area contributed by atoms with Crippen LogP contribution in [0, 0.1) is 17.2 Å². The number of ether oxygens (including phenoxy) is 2. The average molecular weight is 357 g/mol. The van der Waals surface area contributed by atoms with Crippen LogP contribution >= 0.6 is 0 Å². The molecule has 140 valence electrons. The van der Waals surface area contributed by atoms with E-state index in [1.165, 1.54) is 6.42 Å². The van der Waals surface area contributed by atoms with E-state index in [2.05, 4.69) is 17.1 Å². The van der Waals surface area contributed by atoms with E-state index >= 15 is 0 Å². The summed E-state index contributed by atoms with van der Waals surface area (Å²) >= 11 is 0. The zero-order valence-electron chi connectivity index (χ0n) is 15.9. The maximum Gasteiger partial charge on any atom is 0.263 e. The Morgan fingerprint density at radius 3 is 2.73 bits per heavy atom. The Balaban J connectivity index is 2.08. The minimum absolute atomic E-state index is 0.131. The minimum Gasteiger partial charge on any atom is -0.493 e. The molecule has 1 aromatic rings. The quantitative estimate of drug-likeness (QED) is 0.626. The molecule has 1 N–H and O–H groups in total. The van der Waals surface area contributed by atoms with E-state index in [1.54, 1.807) is 26.5 Å². The van der Waals surface area contributed by atoms with E-state index < -0.39 is 0 Å². The fraction of sp³-hybridized carbons (Fsp3) is 0.500. The standard InChI is InChI=1S/C20H27N3O3/c1-14-6-5-9-23(12-14)13-17(11-21)20(24)22-15(2)16-7-8-18(25-3)19(10-16)26-4/h7-8,10,13-15H,5-6,9,12H2,1-4H3,(H,22,24)/b17-13-. The molecule has 1 aliphatic heterocycles. The lowest BCUT2D eigenvalue weighted by atomic mass is 10.0. The van der Waals surface area contributed by atoms with Crippen molar-refractivity contribution < 1.29 is 14.3 Å². The van der Waals surface area contributed by atoms with Gasteiger partial charge in [0, 0.05) is 19.3 Å². The van der Waals surface area contributed by atoms with Crippen molar-refractivity contribution in [3.8, 4) is 17.6 Å². The molecular formula is C20H27N3O3. The van der Waals surface area contributed by atoms with Gasteiger partial charge in [0.1, 0.15) is 11.6 Å². The molecule has 6 nitrogen and oxygen atoms in total. The molecule has 1 saturated heterocycles. The summed E-state index contributed by atoms with van der Waals surface area (Å²) in [6.45, 7) is 5.82. The number of nitrogens with one attached hydrogen (secondary N) is 1. The second kappa shape index (κ2) is 9.14. The maximum absolute atomic E-state index is 12.5. The van der Waals surface area contributed by atoms with Crippen LogP contribution < -0.4 is 14.8 Å². The minimum atomic E-state index is -0.368. The van der Waals surface area contributed by atoms with E-state index in [4.69, 9.17) is 9.47 Å². The summed E-state index contributed by atoms with van der Waals surface area (Å²) in [5, 5.41) is 12.3. The number of hydrogen-bond acceptors (Lipinski definition) is 5. The van der Waals surface area contributed by atoms with E-state index in [0.717, 1.165) is 25.1 Å². The molecule has 1 heterocycles. The molecule has 0 aliphatic carbocycles.